The zero-order chi connectivity index (χ0) is 38.5. The molecular weight excluding hydrogens is 629 g/mol. The van der Waals surface area contributed by atoms with Gasteiger partial charge >= 0.3 is 0 Å². The molecule has 0 radical (unpaired) electrons. The maximum atomic E-state index is 4.57. The lowest BCUT2D eigenvalue weighted by Gasteiger charge is -2.33. The minimum absolute atomic E-state index is 0.705. The van der Waals surface area contributed by atoms with Crippen LogP contribution < -0.4 is 0 Å². The Balaban J connectivity index is 4.04. The van der Waals surface area contributed by atoms with Gasteiger partial charge in [0, 0.05) is 27.2 Å². The quantitative estimate of drug-likeness (QED) is 0.0351. The van der Waals surface area contributed by atoms with Crippen LogP contribution in [0.1, 0.15) is 259 Å². The second-order valence-electron chi connectivity index (χ2n) is 17.5. The van der Waals surface area contributed by atoms with E-state index in [-0.39, 0.29) is 0 Å². The zero-order valence-electron chi connectivity index (χ0n) is 37.5. The van der Waals surface area contributed by atoms with Gasteiger partial charge in [-0.1, -0.05) is 219 Å². The van der Waals surface area contributed by atoms with E-state index in [1.807, 2.05) is 0 Å². The lowest BCUT2D eigenvalue weighted by Crippen LogP contribution is -2.41. The molecule has 2 heteroatoms. The zero-order valence-corrected chi connectivity index (χ0v) is 37.5. The lowest BCUT2D eigenvalue weighted by molar-refractivity contribution is 0.00108. The first-order valence-corrected chi connectivity index (χ1v) is 24.1. The van der Waals surface area contributed by atoms with Crippen LogP contribution in [-0.4, -0.2) is 37.2 Å². The van der Waals surface area contributed by atoms with E-state index in [4.69, 9.17) is 0 Å². The van der Waals surface area contributed by atoms with Crippen LogP contribution in [0.3, 0.4) is 0 Å². The summed E-state index contributed by atoms with van der Waals surface area (Å²) in [6.45, 7) is 18.4. The van der Waals surface area contributed by atoms with Gasteiger partial charge in [-0.15, -0.1) is 0 Å². The van der Waals surface area contributed by atoms with Crippen molar-refractivity contribution in [2.75, 3.05) is 21.1 Å². The summed E-state index contributed by atoms with van der Waals surface area (Å²) in [5.74, 6) is 1.59. The Morgan fingerprint density at radius 3 is 0.942 bits per heavy atom. The summed E-state index contributed by atoms with van der Waals surface area (Å²) >= 11 is 0. The predicted molar refractivity (Wildman–Crippen MR) is 239 cm³/mol. The van der Waals surface area contributed by atoms with Crippen molar-refractivity contribution in [2.24, 2.45) is 11.8 Å². The van der Waals surface area contributed by atoms with E-state index in [0.29, 0.717) is 6.04 Å². The summed E-state index contributed by atoms with van der Waals surface area (Å²) < 4.78 is 0. The summed E-state index contributed by atoms with van der Waals surface area (Å²) in [5, 5.41) is 4.82. The molecular formula is C50H100N2. The maximum Gasteiger partial charge on any atom is 0.0242 e. The van der Waals surface area contributed by atoms with E-state index in [0.717, 1.165) is 11.8 Å². The lowest BCUT2D eigenvalue weighted by atomic mass is 9.86. The summed E-state index contributed by atoms with van der Waals surface area (Å²) in [4.78, 5) is 0. The highest BCUT2D eigenvalue weighted by molar-refractivity contribution is 5.01. The van der Waals surface area contributed by atoms with Crippen LogP contribution in [0.5, 0.6) is 0 Å². The summed E-state index contributed by atoms with van der Waals surface area (Å²) in [5.41, 5.74) is 3.15. The van der Waals surface area contributed by atoms with E-state index in [1.54, 1.807) is 11.1 Å². The third-order valence-corrected chi connectivity index (χ3v) is 12.5. The fourth-order valence-corrected chi connectivity index (χ4v) is 8.48. The van der Waals surface area contributed by atoms with E-state index < -0.39 is 0 Å². The molecule has 0 rings (SSSR count). The topological polar surface area (TPSA) is 6.48 Å². The normalized spacial score (nSPS) is 13.6. The SMILES string of the molecule is C=C(CCCCCCCCCCC(CCCCCCCCCCC(=C)C(CCCC)CCCCCC)N(C)N(C)C)C(CCCC)CCCCCC. The highest BCUT2D eigenvalue weighted by atomic mass is 15.6. The monoisotopic (exact) mass is 729 g/mol. The Hall–Kier alpha value is -0.600. The Kier molecular flexibility index (Phi) is 38.2. The summed E-state index contributed by atoms with van der Waals surface area (Å²) in [6, 6.07) is 0.705. The average Bonchev–Trinajstić information content (AvgIpc) is 3.14. The number of allylic oxidation sites excluding steroid dienone is 2. The van der Waals surface area contributed by atoms with E-state index in [9.17, 15) is 0 Å². The van der Waals surface area contributed by atoms with Crippen molar-refractivity contribution in [1.82, 2.24) is 10.0 Å². The number of unbranched alkanes of at least 4 members (excludes halogenated alkanes) is 22. The molecule has 0 amide bonds. The van der Waals surface area contributed by atoms with Gasteiger partial charge in [0.1, 0.15) is 0 Å². The molecule has 0 saturated carbocycles. The first-order valence-electron chi connectivity index (χ1n) is 24.1. The van der Waals surface area contributed by atoms with Gasteiger partial charge in [0.2, 0.25) is 0 Å². The van der Waals surface area contributed by atoms with Gasteiger partial charge in [-0.25, -0.2) is 10.0 Å². The van der Waals surface area contributed by atoms with Crippen molar-refractivity contribution in [3.8, 4) is 0 Å². The van der Waals surface area contributed by atoms with Crippen molar-refractivity contribution in [3.63, 3.8) is 0 Å². The third kappa shape index (κ3) is 30.7. The Morgan fingerprint density at radius 1 is 0.346 bits per heavy atom. The van der Waals surface area contributed by atoms with Crippen molar-refractivity contribution < 1.29 is 0 Å². The molecule has 0 saturated heterocycles. The number of nitrogens with zero attached hydrogens (tertiary/aromatic N) is 2. The van der Waals surface area contributed by atoms with Gasteiger partial charge < -0.3 is 0 Å². The smallest absolute Gasteiger partial charge is 0.0242 e. The molecule has 0 aliphatic heterocycles. The Labute approximate surface area is 331 Å². The molecule has 2 nitrogen and oxygen atoms in total. The van der Waals surface area contributed by atoms with E-state index >= 15 is 0 Å². The van der Waals surface area contributed by atoms with E-state index in [1.165, 1.54) is 231 Å². The van der Waals surface area contributed by atoms with Crippen LogP contribution in [0.25, 0.3) is 0 Å². The van der Waals surface area contributed by atoms with Gasteiger partial charge in [0.05, 0.1) is 0 Å². The first-order chi connectivity index (χ1) is 25.3. The first kappa shape index (κ1) is 51.4. The predicted octanol–water partition coefficient (Wildman–Crippen LogP) is 17.2. The average molecular weight is 729 g/mol. The van der Waals surface area contributed by atoms with Crippen LogP contribution in [0.4, 0.5) is 0 Å². The standard InChI is InChI=1S/C50H100N2/c1-10-14-18-34-42-48(40-16-12-3)46(5)38-32-28-24-20-22-26-30-36-44-50(52(9)51(7)8)45-37-31-27-23-21-25-29-33-39-47(6)49(41-17-13-4)43-35-19-15-11-2/h48-50H,5-6,10-45H2,1-4,7-9H3. The Morgan fingerprint density at radius 2 is 0.615 bits per heavy atom. The van der Waals surface area contributed by atoms with Gasteiger partial charge in [-0.2, -0.15) is 0 Å². The molecule has 0 N–H and O–H groups in total. The molecule has 2 atom stereocenters. The molecule has 0 aliphatic carbocycles. The minimum atomic E-state index is 0.705. The van der Waals surface area contributed by atoms with Crippen LogP contribution in [0.2, 0.25) is 0 Å². The third-order valence-electron chi connectivity index (χ3n) is 12.5. The van der Waals surface area contributed by atoms with E-state index in [2.05, 4.69) is 72.0 Å². The summed E-state index contributed by atoms with van der Waals surface area (Å²) in [7, 11) is 6.75. The fourth-order valence-electron chi connectivity index (χ4n) is 8.48. The van der Waals surface area contributed by atoms with Crippen molar-refractivity contribution in [2.45, 2.75) is 265 Å². The number of hydrazine groups is 1. The second kappa shape index (κ2) is 38.7. The van der Waals surface area contributed by atoms with Crippen LogP contribution in [0.15, 0.2) is 24.3 Å². The molecule has 310 valence electrons. The van der Waals surface area contributed by atoms with Crippen molar-refractivity contribution in [3.05, 3.63) is 24.3 Å². The molecule has 52 heavy (non-hydrogen) atoms. The second-order valence-corrected chi connectivity index (χ2v) is 17.5. The Bertz CT molecular complexity index is 699. The molecule has 0 aromatic rings. The molecule has 0 spiro atoms. The summed E-state index contributed by atoms with van der Waals surface area (Å²) in [6.07, 6.45) is 49.9. The number of rotatable bonds is 42. The molecule has 2 unspecified atom stereocenters. The highest BCUT2D eigenvalue weighted by Gasteiger charge is 2.16. The molecule has 0 fully saturated rings. The maximum absolute atomic E-state index is 4.57. The van der Waals surface area contributed by atoms with Gasteiger partial charge in [-0.05, 0) is 76.0 Å². The van der Waals surface area contributed by atoms with Crippen LogP contribution >= 0.6 is 0 Å². The van der Waals surface area contributed by atoms with Crippen LogP contribution in [0, 0.1) is 11.8 Å². The van der Waals surface area contributed by atoms with Gasteiger partial charge in [0.15, 0.2) is 0 Å². The number of hydrogen-bond donors (Lipinski definition) is 0. The van der Waals surface area contributed by atoms with Gasteiger partial charge in [-0.3, -0.25) is 0 Å². The molecule has 0 heterocycles. The molecule has 0 aromatic carbocycles. The minimum Gasteiger partial charge on any atom is -0.248 e. The largest absolute Gasteiger partial charge is 0.248 e. The van der Waals surface area contributed by atoms with Crippen LogP contribution in [-0.2, 0) is 0 Å². The number of hydrogen-bond acceptors (Lipinski definition) is 2. The molecule has 0 bridgehead atoms. The fraction of sp³-hybridized carbons (Fsp3) is 0.920. The molecule has 0 aromatic heterocycles. The van der Waals surface area contributed by atoms with Crippen molar-refractivity contribution in [1.29, 1.82) is 0 Å². The highest BCUT2D eigenvalue weighted by Crippen LogP contribution is 2.29. The molecule has 0 aliphatic rings. The van der Waals surface area contributed by atoms with Gasteiger partial charge in [0.25, 0.3) is 0 Å². The van der Waals surface area contributed by atoms with Crippen molar-refractivity contribution >= 4 is 0 Å².